The molecule has 1 N–H and O–H groups in total. The highest BCUT2D eigenvalue weighted by Crippen LogP contribution is 2.09. The van der Waals surface area contributed by atoms with Crippen LogP contribution < -0.4 is 5.32 Å². The number of hydrogen-bond donors (Lipinski definition) is 1. The number of aromatic nitrogens is 1. The van der Waals surface area contributed by atoms with E-state index >= 15 is 0 Å². The van der Waals surface area contributed by atoms with Crippen LogP contribution in [0, 0.1) is 25.7 Å². The third kappa shape index (κ3) is 2.63. The van der Waals surface area contributed by atoms with Crippen LogP contribution in [0.3, 0.4) is 0 Å². The Morgan fingerprint density at radius 2 is 2.29 bits per heavy atom. The average molecular weight is 192 g/mol. The highest BCUT2D eigenvalue weighted by atomic mass is 16.5. The standard InChI is InChI=1S/C10H12N2O2/c1-7-10(8(2)14-12-7)5-4-6-11-9(3)13/h6H2,1-3H3,(H,11,13). The summed E-state index contributed by atoms with van der Waals surface area (Å²) in [6, 6.07) is 0. The summed E-state index contributed by atoms with van der Waals surface area (Å²) in [5.41, 5.74) is 1.58. The number of carbonyl (C=O) groups excluding carboxylic acids is 1. The van der Waals surface area contributed by atoms with E-state index in [9.17, 15) is 4.79 Å². The third-order valence-corrected chi connectivity index (χ3v) is 1.67. The van der Waals surface area contributed by atoms with Crippen molar-refractivity contribution in [1.29, 1.82) is 0 Å². The number of aryl methyl sites for hydroxylation is 2. The van der Waals surface area contributed by atoms with E-state index < -0.39 is 0 Å². The highest BCUT2D eigenvalue weighted by molar-refractivity contribution is 5.73. The molecule has 0 aromatic carbocycles. The van der Waals surface area contributed by atoms with Gasteiger partial charge in [-0.15, -0.1) is 0 Å². The van der Waals surface area contributed by atoms with Gasteiger partial charge >= 0.3 is 0 Å². The highest BCUT2D eigenvalue weighted by Gasteiger charge is 2.04. The molecule has 0 saturated heterocycles. The molecule has 1 heterocycles. The number of hydrogen-bond acceptors (Lipinski definition) is 3. The molecule has 0 aliphatic rings. The maximum atomic E-state index is 10.5. The van der Waals surface area contributed by atoms with Crippen LogP contribution in [0.2, 0.25) is 0 Å². The minimum absolute atomic E-state index is 0.0851. The van der Waals surface area contributed by atoms with E-state index in [1.54, 1.807) is 0 Å². The molecule has 0 atom stereocenters. The lowest BCUT2D eigenvalue weighted by atomic mass is 10.2. The van der Waals surface area contributed by atoms with Gasteiger partial charge in [0.2, 0.25) is 5.91 Å². The normalized spacial score (nSPS) is 9.07. The van der Waals surface area contributed by atoms with Crippen molar-refractivity contribution in [2.24, 2.45) is 0 Å². The predicted molar refractivity (Wildman–Crippen MR) is 51.5 cm³/mol. The van der Waals surface area contributed by atoms with Gasteiger partial charge in [-0.1, -0.05) is 17.0 Å². The molecule has 0 fully saturated rings. The number of rotatable bonds is 1. The van der Waals surface area contributed by atoms with E-state index in [1.165, 1.54) is 6.92 Å². The number of nitrogens with one attached hydrogen (secondary N) is 1. The average Bonchev–Trinajstić information content (AvgIpc) is 2.42. The van der Waals surface area contributed by atoms with Gasteiger partial charge in [-0.2, -0.15) is 0 Å². The van der Waals surface area contributed by atoms with Gasteiger partial charge in [0, 0.05) is 6.92 Å². The molecule has 0 aliphatic heterocycles. The molecule has 0 saturated carbocycles. The quantitative estimate of drug-likeness (QED) is 0.669. The Kier molecular flexibility index (Phi) is 3.29. The molecular weight excluding hydrogens is 180 g/mol. The molecular formula is C10H12N2O2. The molecule has 0 radical (unpaired) electrons. The van der Waals surface area contributed by atoms with Gasteiger partial charge in [-0.05, 0) is 13.8 Å². The summed E-state index contributed by atoms with van der Waals surface area (Å²) in [5.74, 6) is 6.34. The summed E-state index contributed by atoms with van der Waals surface area (Å²) < 4.78 is 4.93. The molecule has 74 valence electrons. The van der Waals surface area contributed by atoms with Gasteiger partial charge in [-0.25, -0.2) is 0 Å². The molecule has 1 amide bonds. The molecule has 1 rings (SSSR count). The van der Waals surface area contributed by atoms with Crippen molar-refractivity contribution in [3.8, 4) is 11.8 Å². The largest absolute Gasteiger partial charge is 0.360 e. The van der Waals surface area contributed by atoms with Gasteiger partial charge in [0.1, 0.15) is 5.76 Å². The van der Waals surface area contributed by atoms with E-state index in [0.717, 1.165) is 11.3 Å². The maximum absolute atomic E-state index is 10.5. The fourth-order valence-electron chi connectivity index (χ4n) is 0.963. The smallest absolute Gasteiger partial charge is 0.217 e. The van der Waals surface area contributed by atoms with Gasteiger partial charge in [0.15, 0.2) is 0 Å². The summed E-state index contributed by atoms with van der Waals surface area (Å²) in [6.45, 7) is 5.44. The summed E-state index contributed by atoms with van der Waals surface area (Å²) in [6.07, 6.45) is 0. The van der Waals surface area contributed by atoms with Crippen LogP contribution >= 0.6 is 0 Å². The molecule has 4 nitrogen and oxygen atoms in total. The summed E-state index contributed by atoms with van der Waals surface area (Å²) in [7, 11) is 0. The lowest BCUT2D eigenvalue weighted by molar-refractivity contribution is -0.118. The zero-order chi connectivity index (χ0) is 10.6. The van der Waals surface area contributed by atoms with Crippen LogP contribution in [0.25, 0.3) is 0 Å². The SMILES string of the molecule is CC(=O)NCC#Cc1c(C)noc1C. The Hall–Kier alpha value is -1.76. The first kappa shape index (κ1) is 10.3. The Balaban J connectivity index is 2.63. The van der Waals surface area contributed by atoms with E-state index in [0.29, 0.717) is 12.3 Å². The van der Waals surface area contributed by atoms with Crippen LogP contribution in [0.4, 0.5) is 0 Å². The number of carbonyl (C=O) groups is 1. The van der Waals surface area contributed by atoms with Crippen molar-refractivity contribution < 1.29 is 9.32 Å². The number of nitrogens with zero attached hydrogens (tertiary/aromatic N) is 1. The van der Waals surface area contributed by atoms with Crippen LogP contribution in [0.15, 0.2) is 4.52 Å². The van der Waals surface area contributed by atoms with E-state index in [-0.39, 0.29) is 5.91 Å². The summed E-state index contributed by atoms with van der Waals surface area (Å²) in [4.78, 5) is 10.5. The second-order valence-electron chi connectivity index (χ2n) is 2.91. The Morgan fingerprint density at radius 1 is 1.57 bits per heavy atom. The lowest BCUT2D eigenvalue weighted by Crippen LogP contribution is -2.19. The zero-order valence-electron chi connectivity index (χ0n) is 8.47. The first-order valence-corrected chi connectivity index (χ1v) is 4.27. The van der Waals surface area contributed by atoms with Crippen molar-refractivity contribution in [1.82, 2.24) is 10.5 Å². The fourth-order valence-corrected chi connectivity index (χ4v) is 0.963. The third-order valence-electron chi connectivity index (χ3n) is 1.67. The molecule has 1 aromatic heterocycles. The van der Waals surface area contributed by atoms with Gasteiger partial charge in [0.05, 0.1) is 17.8 Å². The van der Waals surface area contributed by atoms with E-state index in [4.69, 9.17) is 4.52 Å². The van der Waals surface area contributed by atoms with Crippen molar-refractivity contribution >= 4 is 5.91 Å². The molecule has 0 unspecified atom stereocenters. The predicted octanol–water partition coefficient (Wildman–Crippen LogP) is 0.779. The molecule has 0 spiro atoms. The van der Waals surface area contributed by atoms with Gasteiger partial charge in [-0.3, -0.25) is 4.79 Å². The number of amides is 1. The van der Waals surface area contributed by atoms with Crippen molar-refractivity contribution in [3.05, 3.63) is 17.0 Å². The molecule has 14 heavy (non-hydrogen) atoms. The van der Waals surface area contributed by atoms with Crippen LogP contribution in [-0.4, -0.2) is 17.6 Å². The molecule has 4 heteroatoms. The van der Waals surface area contributed by atoms with Crippen LogP contribution in [0.1, 0.15) is 23.9 Å². The topological polar surface area (TPSA) is 55.1 Å². The Morgan fingerprint density at radius 3 is 2.79 bits per heavy atom. The molecule has 0 bridgehead atoms. The summed E-state index contributed by atoms with van der Waals surface area (Å²) >= 11 is 0. The minimum atomic E-state index is -0.0851. The molecule has 0 aliphatic carbocycles. The summed E-state index contributed by atoms with van der Waals surface area (Å²) in [5, 5.41) is 6.35. The Labute approximate surface area is 82.7 Å². The van der Waals surface area contributed by atoms with Gasteiger partial charge < -0.3 is 9.84 Å². The molecule has 1 aromatic rings. The van der Waals surface area contributed by atoms with E-state index in [2.05, 4.69) is 22.3 Å². The van der Waals surface area contributed by atoms with E-state index in [1.807, 2.05) is 13.8 Å². The van der Waals surface area contributed by atoms with Gasteiger partial charge in [0.25, 0.3) is 0 Å². The Bertz CT molecular complexity index is 376. The second kappa shape index (κ2) is 4.47. The van der Waals surface area contributed by atoms with Crippen molar-refractivity contribution in [2.75, 3.05) is 6.54 Å². The monoisotopic (exact) mass is 192 g/mol. The lowest BCUT2D eigenvalue weighted by Gasteiger charge is -1.91. The minimum Gasteiger partial charge on any atom is -0.360 e. The fraction of sp³-hybridized carbons (Fsp3) is 0.400. The zero-order valence-corrected chi connectivity index (χ0v) is 8.47. The van der Waals surface area contributed by atoms with Crippen molar-refractivity contribution in [3.63, 3.8) is 0 Å². The van der Waals surface area contributed by atoms with Crippen molar-refractivity contribution in [2.45, 2.75) is 20.8 Å². The first-order chi connectivity index (χ1) is 6.61. The van der Waals surface area contributed by atoms with Crippen LogP contribution in [0.5, 0.6) is 0 Å². The second-order valence-corrected chi connectivity index (χ2v) is 2.91. The first-order valence-electron chi connectivity index (χ1n) is 4.27. The van der Waals surface area contributed by atoms with Crippen LogP contribution in [-0.2, 0) is 4.79 Å². The maximum Gasteiger partial charge on any atom is 0.217 e.